The van der Waals surface area contributed by atoms with Gasteiger partial charge in [0.15, 0.2) is 0 Å². The smallest absolute Gasteiger partial charge is 0.234 e. The van der Waals surface area contributed by atoms with Gasteiger partial charge in [0.25, 0.3) is 0 Å². The summed E-state index contributed by atoms with van der Waals surface area (Å²) in [6.07, 6.45) is 1.64. The van der Waals surface area contributed by atoms with Crippen LogP contribution in [-0.4, -0.2) is 29.9 Å². The average Bonchev–Trinajstić information content (AvgIpc) is 3.12. The molecule has 0 aliphatic carbocycles. The van der Waals surface area contributed by atoms with Gasteiger partial charge in [-0.05, 0) is 23.6 Å². The van der Waals surface area contributed by atoms with E-state index in [0.29, 0.717) is 31.5 Å². The highest BCUT2D eigenvalue weighted by Crippen LogP contribution is 2.34. The first-order valence-corrected chi connectivity index (χ1v) is 7.93. The molecule has 24 heavy (non-hydrogen) atoms. The van der Waals surface area contributed by atoms with Crippen LogP contribution in [0.25, 0.3) is 22.2 Å². The molecule has 0 atom stereocenters. The Labute approximate surface area is 146 Å². The Morgan fingerprint density at radius 3 is 2.58 bits per heavy atom. The van der Waals surface area contributed by atoms with Gasteiger partial charge in [-0.1, -0.05) is 47.6 Å². The standard InChI is InChI=1S/C18H19N3O2.ClH/c19-12-18(8-10-22-11-9-18)17-20-16(21-23-17)15-7-3-5-13-4-1-2-6-14(13)15;/h1-7H,8-12,19H2;1H. The van der Waals surface area contributed by atoms with Gasteiger partial charge in [0, 0.05) is 25.3 Å². The van der Waals surface area contributed by atoms with Gasteiger partial charge in [-0.2, -0.15) is 4.98 Å². The van der Waals surface area contributed by atoms with Crippen LogP contribution >= 0.6 is 12.4 Å². The molecule has 0 unspecified atom stereocenters. The topological polar surface area (TPSA) is 74.2 Å². The number of aromatic nitrogens is 2. The maximum atomic E-state index is 6.03. The summed E-state index contributed by atoms with van der Waals surface area (Å²) in [6, 6.07) is 14.3. The molecule has 0 radical (unpaired) electrons. The zero-order chi connectivity index (χ0) is 15.7. The molecule has 1 fully saturated rings. The molecule has 2 heterocycles. The van der Waals surface area contributed by atoms with Crippen molar-refractivity contribution < 1.29 is 9.26 Å². The van der Waals surface area contributed by atoms with Crippen LogP contribution in [0.5, 0.6) is 0 Å². The van der Waals surface area contributed by atoms with Gasteiger partial charge in [0.1, 0.15) is 0 Å². The van der Waals surface area contributed by atoms with Gasteiger partial charge in [-0.3, -0.25) is 0 Å². The number of hydrogen-bond acceptors (Lipinski definition) is 5. The van der Waals surface area contributed by atoms with Crippen LogP contribution in [0, 0.1) is 0 Å². The van der Waals surface area contributed by atoms with Gasteiger partial charge < -0.3 is 15.0 Å². The van der Waals surface area contributed by atoms with Crippen molar-refractivity contribution in [2.45, 2.75) is 18.3 Å². The first-order chi connectivity index (χ1) is 11.3. The van der Waals surface area contributed by atoms with Crippen LogP contribution < -0.4 is 5.73 Å². The molecule has 0 saturated carbocycles. The number of halogens is 1. The predicted molar refractivity (Wildman–Crippen MR) is 95.3 cm³/mol. The lowest BCUT2D eigenvalue weighted by molar-refractivity contribution is 0.0409. The molecule has 6 heteroatoms. The average molecular weight is 346 g/mol. The number of nitrogens with two attached hydrogens (primary N) is 1. The number of benzene rings is 2. The van der Waals surface area contributed by atoms with E-state index in [9.17, 15) is 0 Å². The van der Waals surface area contributed by atoms with E-state index in [1.54, 1.807) is 0 Å². The lowest BCUT2D eigenvalue weighted by atomic mass is 9.80. The summed E-state index contributed by atoms with van der Waals surface area (Å²) in [4.78, 5) is 4.68. The molecule has 2 N–H and O–H groups in total. The minimum atomic E-state index is -0.256. The SMILES string of the molecule is Cl.NCC1(c2nc(-c3cccc4ccccc34)no2)CCOCC1. The predicted octanol–water partition coefficient (Wildman–Crippen LogP) is 3.32. The monoisotopic (exact) mass is 345 g/mol. The Morgan fingerprint density at radius 2 is 1.79 bits per heavy atom. The zero-order valence-corrected chi connectivity index (χ0v) is 14.1. The van der Waals surface area contributed by atoms with Crippen molar-refractivity contribution in [2.75, 3.05) is 19.8 Å². The summed E-state index contributed by atoms with van der Waals surface area (Å²) in [5.41, 5.74) is 6.75. The lowest BCUT2D eigenvalue weighted by Crippen LogP contribution is -2.40. The van der Waals surface area contributed by atoms with E-state index >= 15 is 0 Å². The first-order valence-electron chi connectivity index (χ1n) is 7.93. The molecule has 0 spiro atoms. The van der Waals surface area contributed by atoms with E-state index in [4.69, 9.17) is 15.0 Å². The summed E-state index contributed by atoms with van der Waals surface area (Å²) >= 11 is 0. The highest BCUT2D eigenvalue weighted by atomic mass is 35.5. The molecule has 2 aromatic carbocycles. The minimum Gasteiger partial charge on any atom is -0.381 e. The molecule has 3 aromatic rings. The van der Waals surface area contributed by atoms with Gasteiger partial charge in [-0.15, -0.1) is 12.4 Å². The second kappa shape index (κ2) is 6.89. The third-order valence-electron chi connectivity index (χ3n) is 4.75. The molecule has 1 aromatic heterocycles. The van der Waals surface area contributed by atoms with Gasteiger partial charge in [-0.25, -0.2) is 0 Å². The molecule has 0 amide bonds. The Kier molecular flexibility index (Phi) is 4.85. The first kappa shape index (κ1) is 16.9. The fraction of sp³-hybridized carbons (Fsp3) is 0.333. The highest BCUT2D eigenvalue weighted by molar-refractivity contribution is 5.94. The second-order valence-electron chi connectivity index (χ2n) is 6.05. The molecule has 4 rings (SSSR count). The van der Waals surface area contributed by atoms with Crippen molar-refractivity contribution in [1.29, 1.82) is 0 Å². The van der Waals surface area contributed by atoms with Crippen LogP contribution in [0.1, 0.15) is 18.7 Å². The zero-order valence-electron chi connectivity index (χ0n) is 13.3. The number of ether oxygens (including phenoxy) is 1. The third kappa shape index (κ3) is 2.79. The Hall–Kier alpha value is -1.95. The van der Waals surface area contributed by atoms with E-state index in [0.717, 1.165) is 29.2 Å². The summed E-state index contributed by atoms with van der Waals surface area (Å²) in [6.45, 7) is 1.86. The quantitative estimate of drug-likeness (QED) is 0.788. The second-order valence-corrected chi connectivity index (χ2v) is 6.05. The van der Waals surface area contributed by atoms with Gasteiger partial charge in [0.2, 0.25) is 11.7 Å². The molecule has 1 saturated heterocycles. The molecular formula is C18H20ClN3O2. The molecule has 1 aliphatic heterocycles. The van der Waals surface area contributed by atoms with Crippen molar-refractivity contribution >= 4 is 23.2 Å². The van der Waals surface area contributed by atoms with E-state index in [1.807, 2.05) is 24.3 Å². The summed E-state index contributed by atoms with van der Waals surface area (Å²) < 4.78 is 11.1. The third-order valence-corrected chi connectivity index (χ3v) is 4.75. The number of fused-ring (bicyclic) bond motifs is 1. The summed E-state index contributed by atoms with van der Waals surface area (Å²) in [5, 5.41) is 6.51. The van der Waals surface area contributed by atoms with Crippen molar-refractivity contribution in [1.82, 2.24) is 10.1 Å². The highest BCUT2D eigenvalue weighted by Gasteiger charge is 2.38. The van der Waals surface area contributed by atoms with E-state index in [-0.39, 0.29) is 17.8 Å². The normalized spacial score (nSPS) is 16.7. The van der Waals surface area contributed by atoms with Crippen molar-refractivity contribution in [3.8, 4) is 11.4 Å². The van der Waals surface area contributed by atoms with E-state index in [2.05, 4.69) is 28.3 Å². The molecule has 1 aliphatic rings. The van der Waals surface area contributed by atoms with Crippen LogP contribution in [0.3, 0.4) is 0 Å². The lowest BCUT2D eigenvalue weighted by Gasteiger charge is -2.32. The van der Waals surface area contributed by atoms with Crippen LogP contribution in [0.15, 0.2) is 47.0 Å². The fourth-order valence-electron chi connectivity index (χ4n) is 3.24. The summed E-state index contributed by atoms with van der Waals surface area (Å²) in [5.74, 6) is 1.25. The van der Waals surface area contributed by atoms with Gasteiger partial charge >= 0.3 is 0 Å². The Balaban J connectivity index is 0.00000169. The van der Waals surface area contributed by atoms with E-state index < -0.39 is 0 Å². The minimum absolute atomic E-state index is 0. The maximum absolute atomic E-state index is 6.03. The van der Waals surface area contributed by atoms with Crippen LogP contribution in [-0.2, 0) is 10.2 Å². The molecule has 126 valence electrons. The number of nitrogens with zero attached hydrogens (tertiary/aromatic N) is 2. The Bertz CT molecular complexity index is 823. The van der Waals surface area contributed by atoms with Crippen LogP contribution in [0.2, 0.25) is 0 Å². The number of hydrogen-bond donors (Lipinski definition) is 1. The fourth-order valence-corrected chi connectivity index (χ4v) is 3.24. The number of rotatable bonds is 3. The molecular weight excluding hydrogens is 326 g/mol. The largest absolute Gasteiger partial charge is 0.381 e. The molecule has 5 nitrogen and oxygen atoms in total. The summed E-state index contributed by atoms with van der Waals surface area (Å²) in [7, 11) is 0. The Morgan fingerprint density at radius 1 is 1.04 bits per heavy atom. The van der Waals surface area contributed by atoms with Gasteiger partial charge in [0.05, 0.1) is 5.41 Å². The maximum Gasteiger partial charge on any atom is 0.234 e. The van der Waals surface area contributed by atoms with Crippen molar-refractivity contribution in [3.63, 3.8) is 0 Å². The van der Waals surface area contributed by atoms with E-state index in [1.165, 1.54) is 0 Å². The molecule has 0 bridgehead atoms. The van der Waals surface area contributed by atoms with Crippen LogP contribution in [0.4, 0.5) is 0 Å². The van der Waals surface area contributed by atoms with Crippen molar-refractivity contribution in [3.05, 3.63) is 48.4 Å². The van der Waals surface area contributed by atoms with Crippen molar-refractivity contribution in [2.24, 2.45) is 5.73 Å².